The van der Waals surface area contributed by atoms with Gasteiger partial charge in [-0.15, -0.1) is 16.4 Å². The first-order chi connectivity index (χ1) is 18.5. The van der Waals surface area contributed by atoms with E-state index in [0.29, 0.717) is 26.4 Å². The average molecular weight is 572 g/mol. The number of ether oxygens (including phenoxy) is 2. The summed E-state index contributed by atoms with van der Waals surface area (Å²) in [6, 6.07) is 12.4. The van der Waals surface area contributed by atoms with Gasteiger partial charge in [-0.2, -0.15) is 5.26 Å². The Kier molecular flexibility index (Phi) is 8.20. The molecule has 1 aliphatic heterocycles. The predicted molar refractivity (Wildman–Crippen MR) is 141 cm³/mol. The molecular formula is C24H22ClN7O4S2. The Morgan fingerprint density at radius 1 is 1.29 bits per heavy atom. The molecule has 0 saturated carbocycles. The SMILES string of the molecule is N#Cc1ncc(Cl)cc1SC1OC(CO)C(O)C(n2cc(-c3csc(N)n3)nn2)C1OCc1ccccc1. The van der Waals surface area contributed by atoms with Gasteiger partial charge in [0.25, 0.3) is 0 Å². The van der Waals surface area contributed by atoms with Crippen molar-refractivity contribution in [3.63, 3.8) is 0 Å². The zero-order valence-corrected chi connectivity index (χ0v) is 22.1. The monoisotopic (exact) mass is 571 g/mol. The maximum Gasteiger partial charge on any atom is 0.180 e. The van der Waals surface area contributed by atoms with Crippen LogP contribution < -0.4 is 5.73 Å². The second-order valence-electron chi connectivity index (χ2n) is 8.35. The first-order valence-corrected chi connectivity index (χ1v) is 13.6. The van der Waals surface area contributed by atoms with Crippen molar-refractivity contribution in [1.82, 2.24) is 25.0 Å². The standard InChI is InChI=1S/C24H22ClN7O4S2/c25-14-6-19(15(7-26)28-8-14)38-23-22(35-11-13-4-2-1-3-5-13)20(21(34)18(10-33)36-23)32-9-16(30-31-32)17-12-37-24(27)29-17/h1-6,8-9,12,18,20-23,33-34H,10-11H2,(H2,27,29). The zero-order chi connectivity index (χ0) is 26.6. The first-order valence-electron chi connectivity index (χ1n) is 11.4. The molecule has 196 valence electrons. The summed E-state index contributed by atoms with van der Waals surface area (Å²) >= 11 is 8.61. The van der Waals surface area contributed by atoms with Gasteiger partial charge in [0.05, 0.1) is 24.4 Å². The number of nitrogens with two attached hydrogens (primary N) is 1. The van der Waals surface area contributed by atoms with E-state index in [1.54, 1.807) is 17.6 Å². The highest BCUT2D eigenvalue weighted by Crippen LogP contribution is 2.41. The maximum absolute atomic E-state index is 11.3. The minimum atomic E-state index is -1.19. The van der Waals surface area contributed by atoms with Gasteiger partial charge in [0.1, 0.15) is 47.2 Å². The van der Waals surface area contributed by atoms with E-state index in [0.717, 1.165) is 5.56 Å². The minimum absolute atomic E-state index is 0.164. The Morgan fingerprint density at radius 2 is 2.11 bits per heavy atom. The molecule has 3 aromatic heterocycles. The number of aliphatic hydroxyl groups excluding tert-OH is 2. The summed E-state index contributed by atoms with van der Waals surface area (Å²) in [6.07, 6.45) is 0.0822. The molecule has 1 fully saturated rings. The molecule has 0 radical (unpaired) electrons. The number of rotatable bonds is 8. The lowest BCUT2D eigenvalue weighted by Gasteiger charge is -2.43. The number of aromatic nitrogens is 5. The molecule has 4 aromatic rings. The van der Waals surface area contributed by atoms with Gasteiger partial charge < -0.3 is 25.4 Å². The number of hydrogen-bond donors (Lipinski definition) is 3. The number of pyridine rings is 1. The number of nitrogens with zero attached hydrogens (tertiary/aromatic N) is 6. The number of anilines is 1. The van der Waals surface area contributed by atoms with E-state index in [1.807, 2.05) is 30.3 Å². The Morgan fingerprint density at radius 3 is 2.82 bits per heavy atom. The molecule has 38 heavy (non-hydrogen) atoms. The lowest BCUT2D eigenvalue weighted by atomic mass is 9.97. The number of halogens is 1. The van der Waals surface area contributed by atoms with Gasteiger partial charge in [-0.3, -0.25) is 0 Å². The summed E-state index contributed by atoms with van der Waals surface area (Å²) in [4.78, 5) is 8.82. The van der Waals surface area contributed by atoms with Crippen LogP contribution in [0.2, 0.25) is 5.02 Å². The Balaban J connectivity index is 1.52. The van der Waals surface area contributed by atoms with Crippen molar-refractivity contribution in [1.29, 1.82) is 5.26 Å². The van der Waals surface area contributed by atoms with Crippen molar-refractivity contribution in [2.45, 2.75) is 41.3 Å². The molecular weight excluding hydrogens is 550 g/mol. The van der Waals surface area contributed by atoms with Crippen molar-refractivity contribution >= 4 is 39.8 Å². The molecule has 5 unspecified atom stereocenters. The summed E-state index contributed by atoms with van der Waals surface area (Å²) in [5.74, 6) is 0. The fraction of sp³-hybridized carbons (Fsp3) is 0.292. The second kappa shape index (κ2) is 11.7. The van der Waals surface area contributed by atoms with Crippen molar-refractivity contribution in [2.75, 3.05) is 12.3 Å². The molecule has 0 amide bonds. The number of hydrogen-bond acceptors (Lipinski definition) is 12. The predicted octanol–water partition coefficient (Wildman–Crippen LogP) is 2.90. The summed E-state index contributed by atoms with van der Waals surface area (Å²) in [5, 5.41) is 41.9. The average Bonchev–Trinajstić information content (AvgIpc) is 3.58. The van der Waals surface area contributed by atoms with Gasteiger partial charge in [-0.25, -0.2) is 14.6 Å². The van der Waals surface area contributed by atoms with Crippen LogP contribution in [0.15, 0.2) is 59.1 Å². The van der Waals surface area contributed by atoms with Crippen LogP contribution in [0.5, 0.6) is 0 Å². The first kappa shape index (κ1) is 26.5. The molecule has 14 heteroatoms. The van der Waals surface area contributed by atoms with E-state index in [-0.39, 0.29) is 12.3 Å². The smallest absolute Gasteiger partial charge is 0.180 e. The molecule has 1 saturated heterocycles. The minimum Gasteiger partial charge on any atom is -0.394 e. The van der Waals surface area contributed by atoms with Gasteiger partial charge >= 0.3 is 0 Å². The molecule has 4 heterocycles. The third kappa shape index (κ3) is 5.67. The van der Waals surface area contributed by atoms with Gasteiger partial charge in [0.2, 0.25) is 0 Å². The topological polar surface area (TPSA) is 165 Å². The highest BCUT2D eigenvalue weighted by atomic mass is 35.5. The Bertz CT molecular complexity index is 1430. The maximum atomic E-state index is 11.3. The fourth-order valence-electron chi connectivity index (χ4n) is 4.07. The fourth-order valence-corrected chi connectivity index (χ4v) is 6.07. The van der Waals surface area contributed by atoms with Gasteiger partial charge in [0.15, 0.2) is 10.8 Å². The molecule has 11 nitrogen and oxygen atoms in total. The van der Waals surface area contributed by atoms with E-state index < -0.39 is 36.4 Å². The molecule has 0 aliphatic carbocycles. The molecule has 1 aromatic carbocycles. The van der Waals surface area contributed by atoms with Crippen LogP contribution in [0.1, 0.15) is 17.3 Å². The van der Waals surface area contributed by atoms with Crippen LogP contribution in [-0.4, -0.2) is 65.5 Å². The number of nitrogen functional groups attached to an aromatic ring is 1. The van der Waals surface area contributed by atoms with Crippen LogP contribution in [-0.2, 0) is 16.1 Å². The number of aliphatic hydroxyl groups is 2. The molecule has 4 N–H and O–H groups in total. The van der Waals surface area contributed by atoms with Crippen LogP contribution in [0.4, 0.5) is 5.13 Å². The van der Waals surface area contributed by atoms with Gasteiger partial charge in [-0.05, 0) is 11.6 Å². The largest absolute Gasteiger partial charge is 0.394 e. The van der Waals surface area contributed by atoms with Gasteiger partial charge in [0, 0.05) is 16.5 Å². The normalized spacial score (nSPS) is 23.3. The second-order valence-corrected chi connectivity index (χ2v) is 10.8. The van der Waals surface area contributed by atoms with E-state index in [2.05, 4.69) is 26.3 Å². The van der Waals surface area contributed by atoms with E-state index in [1.165, 1.54) is 34.0 Å². The van der Waals surface area contributed by atoms with E-state index >= 15 is 0 Å². The van der Waals surface area contributed by atoms with Gasteiger partial charge in [-0.1, -0.05) is 58.9 Å². The molecule has 0 spiro atoms. The lowest BCUT2D eigenvalue weighted by Crippen LogP contribution is -2.55. The van der Waals surface area contributed by atoms with Crippen LogP contribution >= 0.6 is 34.7 Å². The molecule has 0 bridgehead atoms. The molecule has 5 atom stereocenters. The third-order valence-electron chi connectivity index (χ3n) is 5.88. The van der Waals surface area contributed by atoms with Crippen molar-refractivity contribution in [2.24, 2.45) is 0 Å². The number of thioether (sulfide) groups is 1. The van der Waals surface area contributed by atoms with Crippen LogP contribution in [0.3, 0.4) is 0 Å². The quantitative estimate of drug-likeness (QED) is 0.284. The summed E-state index contributed by atoms with van der Waals surface area (Å²) < 4.78 is 14.0. The third-order valence-corrected chi connectivity index (χ3v) is 7.94. The van der Waals surface area contributed by atoms with E-state index in [4.69, 9.17) is 26.8 Å². The van der Waals surface area contributed by atoms with Crippen LogP contribution in [0.25, 0.3) is 11.4 Å². The highest BCUT2D eigenvalue weighted by molar-refractivity contribution is 7.99. The number of thiazole rings is 1. The summed E-state index contributed by atoms with van der Waals surface area (Å²) in [6.45, 7) is -0.245. The van der Waals surface area contributed by atoms with E-state index in [9.17, 15) is 15.5 Å². The molecule has 5 rings (SSSR count). The Hall–Kier alpha value is -3.09. The number of nitriles is 1. The molecule has 1 aliphatic rings. The lowest BCUT2D eigenvalue weighted by molar-refractivity contribution is -0.196. The zero-order valence-electron chi connectivity index (χ0n) is 19.7. The van der Waals surface area contributed by atoms with Crippen molar-refractivity contribution in [3.05, 3.63) is 70.5 Å². The van der Waals surface area contributed by atoms with Crippen LogP contribution in [0, 0.1) is 11.3 Å². The highest BCUT2D eigenvalue weighted by Gasteiger charge is 2.48. The van der Waals surface area contributed by atoms with Crippen molar-refractivity contribution < 1.29 is 19.7 Å². The van der Waals surface area contributed by atoms with Crippen molar-refractivity contribution in [3.8, 4) is 17.5 Å². The number of benzene rings is 1. The summed E-state index contributed by atoms with van der Waals surface area (Å²) in [7, 11) is 0. The Labute approximate surface area is 230 Å². The summed E-state index contributed by atoms with van der Waals surface area (Å²) in [5.41, 5.74) is 7.09.